The van der Waals surface area contributed by atoms with Gasteiger partial charge in [-0.2, -0.15) is 4.31 Å². The largest absolute Gasteiger partial charge is 0.452 e. The van der Waals surface area contributed by atoms with Gasteiger partial charge in [0.2, 0.25) is 10.0 Å². The summed E-state index contributed by atoms with van der Waals surface area (Å²) in [5, 5.41) is 0. The van der Waals surface area contributed by atoms with E-state index in [1.807, 2.05) is 6.92 Å². The maximum absolute atomic E-state index is 14.2. The van der Waals surface area contributed by atoms with Gasteiger partial charge in [-0.15, -0.1) is 0 Å². The summed E-state index contributed by atoms with van der Waals surface area (Å²) in [4.78, 5) is 25.9. The molecule has 1 saturated heterocycles. The van der Waals surface area contributed by atoms with Gasteiger partial charge in [-0.05, 0) is 43.9 Å². The average Bonchev–Trinajstić information content (AvgIpc) is 2.72. The number of halogens is 1. The van der Waals surface area contributed by atoms with Crippen molar-refractivity contribution in [2.75, 3.05) is 26.2 Å². The molecule has 1 aromatic carbocycles. The minimum absolute atomic E-state index is 0.115. The van der Waals surface area contributed by atoms with E-state index < -0.39 is 33.3 Å². The van der Waals surface area contributed by atoms with Gasteiger partial charge in [0.15, 0.2) is 6.61 Å². The van der Waals surface area contributed by atoms with Gasteiger partial charge in [-0.25, -0.2) is 17.6 Å². The standard InChI is InChI=1S/C20H29FN2O5S/c1-4-16-9-7-8-12-23(16)19(24)14-28-20(25)15-10-11-17(21)18(13-15)29(26,27)22(5-2)6-3/h10-11,13,16H,4-9,12,14H2,1-3H3. The summed E-state index contributed by atoms with van der Waals surface area (Å²) >= 11 is 0. The fourth-order valence-corrected chi connectivity index (χ4v) is 5.13. The molecule has 1 heterocycles. The molecule has 1 atom stereocenters. The summed E-state index contributed by atoms with van der Waals surface area (Å²) in [6.07, 6.45) is 3.76. The molecule has 1 unspecified atom stereocenters. The topological polar surface area (TPSA) is 84.0 Å². The average molecular weight is 429 g/mol. The van der Waals surface area contributed by atoms with Crippen LogP contribution >= 0.6 is 0 Å². The molecule has 1 aliphatic heterocycles. The number of hydrogen-bond donors (Lipinski definition) is 0. The van der Waals surface area contributed by atoms with E-state index >= 15 is 0 Å². The Morgan fingerprint density at radius 2 is 1.90 bits per heavy atom. The van der Waals surface area contributed by atoms with E-state index in [0.29, 0.717) is 6.54 Å². The Bertz CT molecular complexity index is 839. The fraction of sp³-hybridized carbons (Fsp3) is 0.600. The van der Waals surface area contributed by atoms with Crippen LogP contribution < -0.4 is 0 Å². The lowest BCUT2D eigenvalue weighted by molar-refractivity contribution is -0.138. The van der Waals surface area contributed by atoms with Crippen LogP contribution in [-0.2, 0) is 19.6 Å². The van der Waals surface area contributed by atoms with Crippen LogP contribution in [0.5, 0.6) is 0 Å². The number of nitrogens with zero attached hydrogens (tertiary/aromatic N) is 2. The summed E-state index contributed by atoms with van der Waals surface area (Å²) in [5.74, 6) is -2.08. The molecule has 0 spiro atoms. The highest BCUT2D eigenvalue weighted by Gasteiger charge is 2.28. The van der Waals surface area contributed by atoms with E-state index in [-0.39, 0.29) is 30.6 Å². The Morgan fingerprint density at radius 3 is 2.52 bits per heavy atom. The molecule has 0 N–H and O–H groups in total. The maximum atomic E-state index is 14.2. The van der Waals surface area contributed by atoms with Gasteiger partial charge >= 0.3 is 5.97 Å². The molecule has 0 bridgehead atoms. The Morgan fingerprint density at radius 1 is 1.21 bits per heavy atom. The summed E-state index contributed by atoms with van der Waals surface area (Å²) in [7, 11) is -4.07. The van der Waals surface area contributed by atoms with Crippen molar-refractivity contribution in [3.05, 3.63) is 29.6 Å². The molecule has 0 aliphatic carbocycles. The molecule has 0 saturated carbocycles. The van der Waals surface area contributed by atoms with Crippen LogP contribution in [0.1, 0.15) is 56.8 Å². The molecule has 29 heavy (non-hydrogen) atoms. The van der Waals surface area contributed by atoms with Crippen LogP contribution in [0.2, 0.25) is 0 Å². The van der Waals surface area contributed by atoms with Crippen LogP contribution in [0.15, 0.2) is 23.1 Å². The highest BCUT2D eigenvalue weighted by atomic mass is 32.2. The van der Waals surface area contributed by atoms with E-state index in [1.54, 1.807) is 18.7 Å². The predicted octanol–water partition coefficient (Wildman–Crippen LogP) is 2.80. The summed E-state index contributed by atoms with van der Waals surface area (Å²) in [5.41, 5.74) is -0.115. The first-order valence-corrected chi connectivity index (χ1v) is 11.5. The molecule has 1 aliphatic rings. The van der Waals surface area contributed by atoms with Gasteiger partial charge in [0.1, 0.15) is 10.7 Å². The zero-order chi connectivity index (χ0) is 21.6. The van der Waals surface area contributed by atoms with E-state index in [0.717, 1.165) is 48.2 Å². The predicted molar refractivity (Wildman–Crippen MR) is 106 cm³/mol. The second kappa shape index (κ2) is 10.2. The third kappa shape index (κ3) is 5.33. The second-order valence-corrected chi connectivity index (χ2v) is 8.86. The van der Waals surface area contributed by atoms with Crippen molar-refractivity contribution in [1.29, 1.82) is 0 Å². The minimum atomic E-state index is -4.07. The number of ether oxygens (including phenoxy) is 1. The van der Waals surface area contributed by atoms with E-state index in [2.05, 4.69) is 0 Å². The maximum Gasteiger partial charge on any atom is 0.338 e. The monoisotopic (exact) mass is 428 g/mol. The number of benzene rings is 1. The van der Waals surface area contributed by atoms with Gasteiger partial charge < -0.3 is 9.64 Å². The fourth-order valence-electron chi connectivity index (χ4n) is 3.58. The van der Waals surface area contributed by atoms with Crippen LogP contribution in [0.25, 0.3) is 0 Å². The Balaban J connectivity index is 2.13. The number of sulfonamides is 1. The first-order valence-electron chi connectivity index (χ1n) is 10.0. The van der Waals surface area contributed by atoms with E-state index in [4.69, 9.17) is 4.74 Å². The van der Waals surface area contributed by atoms with Crippen molar-refractivity contribution in [3.63, 3.8) is 0 Å². The van der Waals surface area contributed by atoms with Crippen molar-refractivity contribution in [3.8, 4) is 0 Å². The molecule has 1 amide bonds. The number of carbonyl (C=O) groups excluding carboxylic acids is 2. The minimum Gasteiger partial charge on any atom is -0.452 e. The van der Waals surface area contributed by atoms with Crippen molar-refractivity contribution in [2.45, 2.75) is 57.4 Å². The number of likely N-dealkylation sites (tertiary alicyclic amines) is 1. The second-order valence-electron chi connectivity index (χ2n) is 6.96. The van der Waals surface area contributed by atoms with Crippen molar-refractivity contribution >= 4 is 21.9 Å². The smallest absolute Gasteiger partial charge is 0.338 e. The third-order valence-corrected chi connectivity index (χ3v) is 7.30. The highest BCUT2D eigenvalue weighted by molar-refractivity contribution is 7.89. The highest BCUT2D eigenvalue weighted by Crippen LogP contribution is 2.22. The van der Waals surface area contributed by atoms with Gasteiger partial charge in [0.25, 0.3) is 5.91 Å². The summed E-state index contributed by atoms with van der Waals surface area (Å²) < 4.78 is 45.6. The molecule has 0 radical (unpaired) electrons. The van der Waals surface area contributed by atoms with Crippen LogP contribution in [-0.4, -0.2) is 61.8 Å². The number of rotatable bonds is 8. The van der Waals surface area contributed by atoms with Crippen LogP contribution in [0.3, 0.4) is 0 Å². The van der Waals surface area contributed by atoms with Crippen LogP contribution in [0.4, 0.5) is 4.39 Å². The third-order valence-electron chi connectivity index (χ3n) is 5.24. The number of carbonyl (C=O) groups is 2. The molecule has 1 aromatic rings. The molecular weight excluding hydrogens is 399 g/mol. The number of piperidine rings is 1. The normalized spacial score (nSPS) is 17.4. The van der Waals surface area contributed by atoms with Gasteiger partial charge in [-0.3, -0.25) is 4.79 Å². The van der Waals surface area contributed by atoms with Gasteiger partial charge in [-0.1, -0.05) is 20.8 Å². The molecule has 162 valence electrons. The van der Waals surface area contributed by atoms with Gasteiger partial charge in [0, 0.05) is 25.7 Å². The van der Waals surface area contributed by atoms with E-state index in [1.165, 1.54) is 0 Å². The number of amides is 1. The Kier molecular flexibility index (Phi) is 8.15. The molecule has 2 rings (SSSR count). The lowest BCUT2D eigenvalue weighted by atomic mass is 10.00. The first kappa shape index (κ1) is 23.3. The quantitative estimate of drug-likeness (QED) is 0.595. The zero-order valence-corrected chi connectivity index (χ0v) is 18.0. The Hall–Kier alpha value is -2.00. The summed E-state index contributed by atoms with van der Waals surface area (Å²) in [6, 6.07) is 3.18. The molecular formula is C20H29FN2O5S. The molecule has 0 aromatic heterocycles. The van der Waals surface area contributed by atoms with Crippen molar-refractivity contribution in [1.82, 2.24) is 9.21 Å². The lowest BCUT2D eigenvalue weighted by Gasteiger charge is -2.35. The number of esters is 1. The molecule has 9 heteroatoms. The number of hydrogen-bond acceptors (Lipinski definition) is 5. The van der Waals surface area contributed by atoms with Crippen molar-refractivity contribution < 1.29 is 27.1 Å². The molecule has 1 fully saturated rings. The lowest BCUT2D eigenvalue weighted by Crippen LogP contribution is -2.45. The Labute approximate surface area is 171 Å². The van der Waals surface area contributed by atoms with Gasteiger partial charge in [0.05, 0.1) is 5.56 Å². The first-order chi connectivity index (χ1) is 13.8. The summed E-state index contributed by atoms with van der Waals surface area (Å²) in [6.45, 7) is 5.87. The SMILES string of the molecule is CCC1CCCCN1C(=O)COC(=O)c1ccc(F)c(S(=O)(=O)N(CC)CC)c1. The van der Waals surface area contributed by atoms with Crippen molar-refractivity contribution in [2.24, 2.45) is 0 Å². The van der Waals surface area contributed by atoms with Crippen LogP contribution in [0, 0.1) is 5.82 Å². The zero-order valence-electron chi connectivity index (χ0n) is 17.2. The van der Waals surface area contributed by atoms with E-state index in [9.17, 15) is 22.4 Å². The molecule has 7 nitrogen and oxygen atoms in total.